The SMILES string of the molecule is CC1(C)NC[C@H](c2ccccc2)O1. The van der Waals surface area contributed by atoms with Crippen LogP contribution in [0.2, 0.25) is 0 Å². The van der Waals surface area contributed by atoms with Gasteiger partial charge in [-0.05, 0) is 19.4 Å². The number of rotatable bonds is 1. The Labute approximate surface area is 78.9 Å². The minimum absolute atomic E-state index is 0.180. The summed E-state index contributed by atoms with van der Waals surface area (Å²) in [6.07, 6.45) is 0.205. The van der Waals surface area contributed by atoms with Crippen LogP contribution >= 0.6 is 0 Å². The molecule has 1 aliphatic rings. The maximum absolute atomic E-state index is 5.82. The number of benzene rings is 1. The first kappa shape index (κ1) is 8.73. The van der Waals surface area contributed by atoms with Crippen molar-refractivity contribution in [3.63, 3.8) is 0 Å². The summed E-state index contributed by atoms with van der Waals surface area (Å²) < 4.78 is 5.82. The second-order valence-corrected chi connectivity index (χ2v) is 3.91. The highest BCUT2D eigenvalue weighted by Gasteiger charge is 2.31. The Bertz CT molecular complexity index is 281. The second-order valence-electron chi connectivity index (χ2n) is 3.91. The van der Waals surface area contributed by atoms with Gasteiger partial charge in [-0.25, -0.2) is 0 Å². The summed E-state index contributed by atoms with van der Waals surface area (Å²) in [6.45, 7) is 5.00. The Hall–Kier alpha value is -0.860. The summed E-state index contributed by atoms with van der Waals surface area (Å²) in [5, 5.41) is 3.32. The zero-order valence-corrected chi connectivity index (χ0v) is 8.08. The molecular weight excluding hydrogens is 162 g/mol. The smallest absolute Gasteiger partial charge is 0.114 e. The van der Waals surface area contributed by atoms with Crippen LogP contribution in [0.15, 0.2) is 30.3 Å². The van der Waals surface area contributed by atoms with Crippen LogP contribution in [0.25, 0.3) is 0 Å². The van der Waals surface area contributed by atoms with Crippen LogP contribution in [-0.4, -0.2) is 12.3 Å². The standard InChI is InChI=1S/C11H15NO/c1-11(2)12-8-10(13-11)9-6-4-3-5-7-9/h3-7,10,12H,8H2,1-2H3/t10-/m1/s1. The van der Waals surface area contributed by atoms with Crippen LogP contribution < -0.4 is 5.32 Å². The molecule has 13 heavy (non-hydrogen) atoms. The van der Waals surface area contributed by atoms with E-state index in [1.807, 2.05) is 18.2 Å². The van der Waals surface area contributed by atoms with Crippen LogP contribution in [0.3, 0.4) is 0 Å². The molecule has 2 nitrogen and oxygen atoms in total. The third kappa shape index (κ3) is 1.90. The topological polar surface area (TPSA) is 21.3 Å². The van der Waals surface area contributed by atoms with Crippen molar-refractivity contribution in [3.05, 3.63) is 35.9 Å². The molecule has 1 N–H and O–H groups in total. The summed E-state index contributed by atoms with van der Waals surface area (Å²) in [7, 11) is 0. The highest BCUT2D eigenvalue weighted by molar-refractivity contribution is 5.19. The predicted octanol–water partition coefficient (Wildman–Crippen LogP) is 2.08. The Morgan fingerprint density at radius 1 is 1.31 bits per heavy atom. The molecule has 70 valence electrons. The van der Waals surface area contributed by atoms with E-state index in [0.29, 0.717) is 0 Å². The highest BCUT2D eigenvalue weighted by Crippen LogP contribution is 2.27. The summed E-state index contributed by atoms with van der Waals surface area (Å²) in [4.78, 5) is 0. The molecule has 0 unspecified atom stereocenters. The average molecular weight is 177 g/mol. The van der Waals surface area contributed by atoms with Gasteiger partial charge in [0.25, 0.3) is 0 Å². The lowest BCUT2D eigenvalue weighted by Gasteiger charge is -2.18. The van der Waals surface area contributed by atoms with Gasteiger partial charge in [0.05, 0.1) is 6.10 Å². The fourth-order valence-corrected chi connectivity index (χ4v) is 1.63. The van der Waals surface area contributed by atoms with E-state index in [2.05, 4.69) is 31.3 Å². The van der Waals surface area contributed by atoms with Crippen molar-refractivity contribution in [2.24, 2.45) is 0 Å². The minimum Gasteiger partial charge on any atom is -0.352 e. The second kappa shape index (κ2) is 3.13. The molecule has 2 rings (SSSR count). The van der Waals surface area contributed by atoms with Gasteiger partial charge in [0, 0.05) is 6.54 Å². The van der Waals surface area contributed by atoms with Crippen molar-refractivity contribution in [2.45, 2.75) is 25.7 Å². The van der Waals surface area contributed by atoms with E-state index in [1.165, 1.54) is 5.56 Å². The number of hydrogen-bond donors (Lipinski definition) is 1. The van der Waals surface area contributed by atoms with Crippen molar-refractivity contribution < 1.29 is 4.74 Å². The van der Waals surface area contributed by atoms with Gasteiger partial charge in [-0.1, -0.05) is 30.3 Å². The molecule has 1 aromatic carbocycles. The Morgan fingerprint density at radius 2 is 2.00 bits per heavy atom. The molecular formula is C11H15NO. The number of ether oxygens (including phenoxy) is 1. The van der Waals surface area contributed by atoms with Crippen LogP contribution in [0.4, 0.5) is 0 Å². The summed E-state index contributed by atoms with van der Waals surface area (Å²) in [6, 6.07) is 10.3. The minimum atomic E-state index is -0.180. The fourth-order valence-electron chi connectivity index (χ4n) is 1.63. The van der Waals surface area contributed by atoms with E-state index in [-0.39, 0.29) is 11.8 Å². The summed E-state index contributed by atoms with van der Waals surface area (Å²) in [5.74, 6) is 0. The maximum Gasteiger partial charge on any atom is 0.114 e. The molecule has 1 heterocycles. The van der Waals surface area contributed by atoms with Crippen molar-refractivity contribution >= 4 is 0 Å². The predicted molar refractivity (Wildman–Crippen MR) is 52.3 cm³/mol. The third-order valence-corrected chi connectivity index (χ3v) is 2.32. The molecule has 0 amide bonds. The molecule has 0 radical (unpaired) electrons. The molecule has 1 aromatic rings. The molecule has 2 heteroatoms. The summed E-state index contributed by atoms with van der Waals surface area (Å²) in [5.41, 5.74) is 1.07. The van der Waals surface area contributed by atoms with E-state index in [1.54, 1.807) is 0 Å². The van der Waals surface area contributed by atoms with Crippen LogP contribution in [-0.2, 0) is 4.74 Å². The van der Waals surface area contributed by atoms with Crippen LogP contribution in [0.1, 0.15) is 25.5 Å². The Morgan fingerprint density at radius 3 is 2.54 bits per heavy atom. The number of hydrogen-bond acceptors (Lipinski definition) is 2. The van der Waals surface area contributed by atoms with Gasteiger partial charge in [0.2, 0.25) is 0 Å². The molecule has 1 aliphatic heterocycles. The number of nitrogens with one attached hydrogen (secondary N) is 1. The zero-order chi connectivity index (χ0) is 9.31. The van der Waals surface area contributed by atoms with Crippen molar-refractivity contribution in [1.29, 1.82) is 0 Å². The average Bonchev–Trinajstić information content (AvgIpc) is 2.48. The molecule has 1 saturated heterocycles. The van der Waals surface area contributed by atoms with Gasteiger partial charge in [0.1, 0.15) is 5.72 Å². The zero-order valence-electron chi connectivity index (χ0n) is 8.08. The third-order valence-electron chi connectivity index (χ3n) is 2.32. The fraction of sp³-hybridized carbons (Fsp3) is 0.455. The van der Waals surface area contributed by atoms with E-state index in [0.717, 1.165) is 6.54 Å². The Kier molecular flexibility index (Phi) is 2.10. The van der Waals surface area contributed by atoms with Crippen molar-refractivity contribution in [1.82, 2.24) is 5.32 Å². The molecule has 1 fully saturated rings. The van der Waals surface area contributed by atoms with Crippen molar-refractivity contribution in [3.8, 4) is 0 Å². The Balaban J connectivity index is 2.13. The van der Waals surface area contributed by atoms with E-state index >= 15 is 0 Å². The van der Waals surface area contributed by atoms with Gasteiger partial charge in [-0.3, -0.25) is 5.32 Å². The molecule has 1 atom stereocenters. The van der Waals surface area contributed by atoms with Gasteiger partial charge in [-0.15, -0.1) is 0 Å². The molecule has 0 saturated carbocycles. The largest absolute Gasteiger partial charge is 0.352 e. The first-order chi connectivity index (χ1) is 6.17. The first-order valence-electron chi connectivity index (χ1n) is 4.65. The monoisotopic (exact) mass is 177 g/mol. The van der Waals surface area contributed by atoms with E-state index in [4.69, 9.17) is 4.74 Å². The van der Waals surface area contributed by atoms with Gasteiger partial charge in [0.15, 0.2) is 0 Å². The molecule has 0 bridgehead atoms. The molecule has 0 spiro atoms. The van der Waals surface area contributed by atoms with Gasteiger partial charge < -0.3 is 4.74 Å². The lowest BCUT2D eigenvalue weighted by molar-refractivity contribution is -0.0240. The lowest BCUT2D eigenvalue weighted by atomic mass is 10.1. The van der Waals surface area contributed by atoms with Crippen LogP contribution in [0.5, 0.6) is 0 Å². The lowest BCUT2D eigenvalue weighted by Crippen LogP contribution is -2.33. The molecule has 0 aromatic heterocycles. The first-order valence-corrected chi connectivity index (χ1v) is 4.65. The van der Waals surface area contributed by atoms with Gasteiger partial charge >= 0.3 is 0 Å². The van der Waals surface area contributed by atoms with Crippen LogP contribution in [0, 0.1) is 0 Å². The maximum atomic E-state index is 5.82. The van der Waals surface area contributed by atoms with E-state index in [9.17, 15) is 0 Å². The quantitative estimate of drug-likeness (QED) is 0.709. The van der Waals surface area contributed by atoms with E-state index < -0.39 is 0 Å². The molecule has 0 aliphatic carbocycles. The van der Waals surface area contributed by atoms with Gasteiger partial charge in [-0.2, -0.15) is 0 Å². The normalized spacial score (nSPS) is 26.2. The summed E-state index contributed by atoms with van der Waals surface area (Å²) >= 11 is 0. The highest BCUT2D eigenvalue weighted by atomic mass is 16.5. The van der Waals surface area contributed by atoms with Crippen molar-refractivity contribution in [2.75, 3.05) is 6.54 Å².